The number of nitrogens with one attached hydrogen (secondary N) is 1. The van der Waals surface area contributed by atoms with Crippen molar-refractivity contribution < 1.29 is 32.9 Å². The number of carbonyl (C=O) groups is 1. The predicted octanol–water partition coefficient (Wildman–Crippen LogP) is 19.7. The second-order valence-corrected chi connectivity index (χ2v) is 24.6. The highest BCUT2D eigenvalue weighted by Crippen LogP contribution is 2.43. The van der Waals surface area contributed by atoms with Crippen molar-refractivity contribution in [2.75, 3.05) is 40.9 Å². The van der Waals surface area contributed by atoms with Crippen molar-refractivity contribution in [3.63, 3.8) is 0 Å². The lowest BCUT2D eigenvalue weighted by atomic mass is 10.0. The van der Waals surface area contributed by atoms with Gasteiger partial charge in [0.25, 0.3) is 0 Å². The molecule has 0 aliphatic heterocycles. The number of nitrogens with zero attached hydrogens (tertiary/aromatic N) is 1. The Morgan fingerprint density at radius 1 is 0.452 bits per heavy atom. The van der Waals surface area contributed by atoms with Crippen LogP contribution in [0.3, 0.4) is 0 Å². The third kappa shape index (κ3) is 58.2. The van der Waals surface area contributed by atoms with Gasteiger partial charge in [0.2, 0.25) is 5.91 Å². The molecule has 0 radical (unpaired) electrons. The lowest BCUT2D eigenvalue weighted by Gasteiger charge is -2.25. The summed E-state index contributed by atoms with van der Waals surface area (Å²) in [4.78, 5) is 23.3. The molecule has 3 unspecified atom stereocenters. The maximum Gasteiger partial charge on any atom is 0.472 e. The predicted molar refractivity (Wildman–Crippen MR) is 318 cm³/mol. The van der Waals surface area contributed by atoms with Crippen molar-refractivity contribution in [2.45, 2.75) is 328 Å². The number of likely N-dealkylation sites (N-methyl/N-ethyl adjacent to an activating group) is 1. The number of aliphatic hydroxyl groups is 1. The van der Waals surface area contributed by atoms with Crippen molar-refractivity contribution in [1.29, 1.82) is 0 Å². The summed E-state index contributed by atoms with van der Waals surface area (Å²) in [5.41, 5.74) is 0. The summed E-state index contributed by atoms with van der Waals surface area (Å²) in [6.07, 6.45) is 72.7. The number of quaternary nitrogens is 1. The van der Waals surface area contributed by atoms with Gasteiger partial charge in [-0.2, -0.15) is 0 Å². The molecule has 0 aromatic heterocycles. The normalized spacial score (nSPS) is 14.0. The van der Waals surface area contributed by atoms with Crippen LogP contribution in [0.15, 0.2) is 36.5 Å². The highest BCUT2D eigenvalue weighted by Gasteiger charge is 2.27. The molecule has 0 bridgehead atoms. The number of aliphatic hydroxyl groups excluding tert-OH is 1. The zero-order chi connectivity index (χ0) is 53.5. The first-order valence-electron chi connectivity index (χ1n) is 31.9. The summed E-state index contributed by atoms with van der Waals surface area (Å²) in [5, 5.41) is 14.0. The van der Waals surface area contributed by atoms with Crippen LogP contribution in [0.2, 0.25) is 0 Å². The number of allylic oxidation sites excluding steroid dienone is 5. The Morgan fingerprint density at radius 3 is 1.10 bits per heavy atom. The van der Waals surface area contributed by atoms with Gasteiger partial charge in [0, 0.05) is 6.42 Å². The number of rotatable bonds is 59. The average molecular weight is 1050 g/mol. The molecule has 73 heavy (non-hydrogen) atoms. The molecule has 1 amide bonds. The van der Waals surface area contributed by atoms with Gasteiger partial charge in [0.1, 0.15) is 13.2 Å². The zero-order valence-corrected chi connectivity index (χ0v) is 50.3. The first kappa shape index (κ1) is 71.7. The van der Waals surface area contributed by atoms with Crippen molar-refractivity contribution in [1.82, 2.24) is 5.32 Å². The highest BCUT2D eigenvalue weighted by atomic mass is 31.2. The number of phosphoric ester groups is 1. The first-order chi connectivity index (χ1) is 35.5. The Bertz CT molecular complexity index is 1280. The number of amides is 1. The summed E-state index contributed by atoms with van der Waals surface area (Å²) in [6.45, 7) is 4.84. The largest absolute Gasteiger partial charge is 0.472 e. The van der Waals surface area contributed by atoms with Gasteiger partial charge < -0.3 is 19.8 Å². The van der Waals surface area contributed by atoms with Crippen molar-refractivity contribution in [3.8, 4) is 0 Å². The van der Waals surface area contributed by atoms with Crippen LogP contribution >= 0.6 is 7.82 Å². The van der Waals surface area contributed by atoms with E-state index in [0.29, 0.717) is 17.4 Å². The van der Waals surface area contributed by atoms with Gasteiger partial charge in [-0.25, -0.2) is 4.57 Å². The average Bonchev–Trinajstić information content (AvgIpc) is 3.35. The van der Waals surface area contributed by atoms with Crippen LogP contribution < -0.4 is 5.32 Å². The molecule has 0 aromatic rings. The molecule has 3 N–H and O–H groups in total. The molecule has 432 valence electrons. The van der Waals surface area contributed by atoms with E-state index < -0.39 is 20.0 Å². The van der Waals surface area contributed by atoms with Gasteiger partial charge in [-0.05, 0) is 57.8 Å². The van der Waals surface area contributed by atoms with Crippen molar-refractivity contribution in [3.05, 3.63) is 36.5 Å². The molecule has 0 rings (SSSR count). The van der Waals surface area contributed by atoms with Gasteiger partial charge in [-0.15, -0.1) is 0 Å². The minimum atomic E-state index is -4.36. The minimum Gasteiger partial charge on any atom is -0.387 e. The molecule has 0 spiro atoms. The molecule has 0 saturated carbocycles. The third-order valence-electron chi connectivity index (χ3n) is 14.6. The van der Waals surface area contributed by atoms with Crippen LogP contribution in [-0.4, -0.2) is 73.4 Å². The van der Waals surface area contributed by atoms with E-state index in [1.807, 2.05) is 27.2 Å². The fraction of sp³-hybridized carbons (Fsp3) is 0.891. The van der Waals surface area contributed by atoms with Crippen molar-refractivity contribution in [2.24, 2.45) is 0 Å². The Morgan fingerprint density at radius 2 is 0.753 bits per heavy atom. The van der Waals surface area contributed by atoms with Crippen LogP contribution in [0, 0.1) is 0 Å². The van der Waals surface area contributed by atoms with Gasteiger partial charge in [0.15, 0.2) is 0 Å². The fourth-order valence-electron chi connectivity index (χ4n) is 9.59. The summed E-state index contributed by atoms with van der Waals surface area (Å²) in [6, 6.07) is -0.863. The van der Waals surface area contributed by atoms with Gasteiger partial charge in [-0.1, -0.05) is 288 Å². The molecule has 9 heteroatoms. The van der Waals surface area contributed by atoms with E-state index >= 15 is 0 Å². The van der Waals surface area contributed by atoms with Gasteiger partial charge in [-0.3, -0.25) is 13.8 Å². The molecule has 0 saturated heterocycles. The zero-order valence-electron chi connectivity index (χ0n) is 49.4. The topological polar surface area (TPSA) is 105 Å². The maximum atomic E-state index is 13.0. The van der Waals surface area contributed by atoms with E-state index in [0.717, 1.165) is 38.5 Å². The molecule has 0 aromatic carbocycles. The lowest BCUT2D eigenvalue weighted by Crippen LogP contribution is -2.45. The smallest absolute Gasteiger partial charge is 0.387 e. The fourth-order valence-corrected chi connectivity index (χ4v) is 10.3. The van der Waals surface area contributed by atoms with E-state index in [2.05, 4.69) is 43.5 Å². The molecule has 0 heterocycles. The lowest BCUT2D eigenvalue weighted by molar-refractivity contribution is -0.870. The number of carbonyl (C=O) groups excluding carboxylic acids is 1. The number of hydrogen-bond donors (Lipinski definition) is 3. The van der Waals surface area contributed by atoms with E-state index in [1.165, 1.54) is 257 Å². The van der Waals surface area contributed by atoms with E-state index in [-0.39, 0.29) is 19.1 Å². The Balaban J connectivity index is 4.14. The summed E-state index contributed by atoms with van der Waals surface area (Å²) in [5.74, 6) is -0.182. The number of hydrogen-bond acceptors (Lipinski definition) is 5. The van der Waals surface area contributed by atoms with Crippen LogP contribution in [0.25, 0.3) is 0 Å². The maximum absolute atomic E-state index is 13.0. The van der Waals surface area contributed by atoms with Crippen LogP contribution in [0.1, 0.15) is 316 Å². The first-order valence-corrected chi connectivity index (χ1v) is 33.4. The minimum absolute atomic E-state index is 0.0573. The Kier molecular flexibility index (Phi) is 54.5. The second kappa shape index (κ2) is 55.5. The number of phosphoric acid groups is 1. The molecule has 3 atom stereocenters. The highest BCUT2D eigenvalue weighted by molar-refractivity contribution is 7.47. The van der Waals surface area contributed by atoms with Gasteiger partial charge in [0.05, 0.1) is 39.9 Å². The molecule has 0 fully saturated rings. The SMILES string of the molecule is CCCCCCCCCCCCCC/C=C\CCCCCCCCCCCCCCCC(=O)NC(COP(=O)(O)OCC[N+](C)(C)C)C(O)/C=C/CC/C=C/CCCCCCCCCCCCCCCCCC. The van der Waals surface area contributed by atoms with Crippen LogP contribution in [-0.2, 0) is 18.4 Å². The number of unbranched alkanes of at least 4 members (excludes halogenated alkanes) is 42. The van der Waals surface area contributed by atoms with E-state index in [9.17, 15) is 19.4 Å². The van der Waals surface area contributed by atoms with Crippen LogP contribution in [0.4, 0.5) is 0 Å². The molecular formula is C64H126N2O6P+. The second-order valence-electron chi connectivity index (χ2n) is 23.1. The summed E-state index contributed by atoms with van der Waals surface area (Å²) >= 11 is 0. The summed E-state index contributed by atoms with van der Waals surface area (Å²) in [7, 11) is 1.57. The van der Waals surface area contributed by atoms with E-state index in [1.54, 1.807) is 6.08 Å². The van der Waals surface area contributed by atoms with Crippen LogP contribution in [0.5, 0.6) is 0 Å². The molecule has 0 aliphatic rings. The van der Waals surface area contributed by atoms with E-state index in [4.69, 9.17) is 9.05 Å². The molecular weight excluding hydrogens is 924 g/mol. The monoisotopic (exact) mass is 1050 g/mol. The molecule has 8 nitrogen and oxygen atoms in total. The van der Waals surface area contributed by atoms with Crippen molar-refractivity contribution >= 4 is 13.7 Å². The quantitative estimate of drug-likeness (QED) is 0.0243. The Labute approximate surface area is 455 Å². The summed E-state index contributed by atoms with van der Waals surface area (Å²) < 4.78 is 23.7. The van der Waals surface area contributed by atoms with Gasteiger partial charge >= 0.3 is 7.82 Å². The Hall–Kier alpha value is -1.28. The standard InChI is InChI=1S/C64H125N2O6P/c1-6-8-10-12-14-16-18-20-22-24-26-28-30-31-32-33-34-35-36-38-40-42-44-46-48-50-52-54-56-58-64(68)65-62(61-72-73(69,70)71-60-59-66(3,4)5)63(67)57-55-53-51-49-47-45-43-41-39-37-29-27-25-23-21-19-17-15-13-11-9-7-2/h31-32,47,49,55,57,62-63,67H,6-30,33-46,48,50-54,56,58-61H2,1-5H3,(H-,65,68,69,70)/p+1/b32-31-,49-47+,57-55+. The molecule has 0 aliphatic carbocycles. The third-order valence-corrected chi connectivity index (χ3v) is 15.6.